The minimum Gasteiger partial charge on any atom is -0.382 e. The molecule has 0 saturated carbocycles. The predicted octanol–water partition coefficient (Wildman–Crippen LogP) is 5.31. The van der Waals surface area contributed by atoms with Crippen LogP contribution in [0.15, 0.2) is 66.7 Å². The third-order valence-electron chi connectivity index (χ3n) is 5.37. The Balaban J connectivity index is 1.73. The van der Waals surface area contributed by atoms with E-state index in [4.69, 9.17) is 5.73 Å². The zero-order valence-electron chi connectivity index (χ0n) is 17.8. The summed E-state index contributed by atoms with van der Waals surface area (Å²) in [6, 6.07) is 18.2. The topological polar surface area (TPSA) is 105 Å². The van der Waals surface area contributed by atoms with E-state index in [2.05, 4.69) is 30.8 Å². The molecule has 34 heavy (non-hydrogen) atoms. The van der Waals surface area contributed by atoms with E-state index in [-0.39, 0.29) is 11.4 Å². The highest BCUT2D eigenvalue weighted by atomic mass is 19.4. The summed E-state index contributed by atoms with van der Waals surface area (Å²) in [6.45, 7) is 0.861. The Morgan fingerprint density at radius 2 is 1.62 bits per heavy atom. The Morgan fingerprint density at radius 3 is 2.44 bits per heavy atom. The van der Waals surface area contributed by atoms with Crippen molar-refractivity contribution in [3.8, 4) is 11.4 Å². The first kappa shape index (κ1) is 21.7. The van der Waals surface area contributed by atoms with E-state index in [0.29, 0.717) is 41.3 Å². The van der Waals surface area contributed by atoms with Crippen molar-refractivity contribution in [2.75, 3.05) is 23.7 Å². The molecule has 0 amide bonds. The maximum atomic E-state index is 13.8. The first-order valence-corrected chi connectivity index (χ1v) is 10.6. The lowest BCUT2D eigenvalue weighted by Gasteiger charge is -2.16. The number of fused-ring (bicyclic) bond motifs is 2. The van der Waals surface area contributed by atoms with E-state index in [9.17, 15) is 13.2 Å². The number of nitrogens with two attached hydrogens (primary N) is 1. The monoisotopic (exact) mass is 463 g/mol. The molecule has 7 nitrogen and oxygen atoms in total. The molecule has 0 unspecified atom stereocenters. The average molecular weight is 463 g/mol. The summed E-state index contributed by atoms with van der Waals surface area (Å²) in [5.41, 5.74) is 6.65. The van der Waals surface area contributed by atoms with Crippen molar-refractivity contribution in [1.29, 1.82) is 0 Å². The van der Waals surface area contributed by atoms with E-state index >= 15 is 0 Å². The van der Waals surface area contributed by atoms with Crippen LogP contribution in [-0.4, -0.2) is 33.3 Å². The quantitative estimate of drug-likeness (QED) is 0.272. The summed E-state index contributed by atoms with van der Waals surface area (Å²) in [5.74, 6) is 0.793. The van der Waals surface area contributed by atoms with Gasteiger partial charge in [-0.15, -0.1) is 0 Å². The maximum absolute atomic E-state index is 13.8. The molecule has 0 aliphatic heterocycles. The van der Waals surface area contributed by atoms with Gasteiger partial charge < -0.3 is 16.4 Å². The Hall–Kier alpha value is -4.18. The molecule has 0 saturated heterocycles. The molecular weight excluding hydrogens is 443 g/mol. The zero-order chi connectivity index (χ0) is 23.7. The van der Waals surface area contributed by atoms with Gasteiger partial charge in [-0.3, -0.25) is 5.10 Å². The number of rotatable bonds is 6. The first-order chi connectivity index (χ1) is 16.5. The third-order valence-corrected chi connectivity index (χ3v) is 5.37. The van der Waals surface area contributed by atoms with Gasteiger partial charge in [-0.2, -0.15) is 18.3 Å². The Bertz CT molecular complexity index is 1480. The van der Waals surface area contributed by atoms with Crippen LogP contribution in [0.3, 0.4) is 0 Å². The number of para-hydroxylation sites is 2. The van der Waals surface area contributed by atoms with Crippen LogP contribution in [0.1, 0.15) is 5.56 Å². The van der Waals surface area contributed by atoms with Crippen LogP contribution in [-0.2, 0) is 6.18 Å². The lowest BCUT2D eigenvalue weighted by molar-refractivity contribution is -0.137. The molecule has 0 bridgehead atoms. The van der Waals surface area contributed by atoms with Gasteiger partial charge in [0.05, 0.1) is 22.3 Å². The largest absolute Gasteiger partial charge is 0.417 e. The second kappa shape index (κ2) is 8.64. The van der Waals surface area contributed by atoms with Gasteiger partial charge in [-0.05, 0) is 30.3 Å². The molecule has 5 aromatic rings. The van der Waals surface area contributed by atoms with Gasteiger partial charge in [0.1, 0.15) is 5.82 Å². The van der Waals surface area contributed by atoms with Gasteiger partial charge in [0.15, 0.2) is 11.6 Å². The summed E-state index contributed by atoms with van der Waals surface area (Å²) in [7, 11) is 0. The molecule has 3 aromatic carbocycles. The number of H-pyrrole nitrogens is 1. The number of anilines is 3. The van der Waals surface area contributed by atoms with E-state index in [1.165, 1.54) is 18.2 Å². The lowest BCUT2D eigenvalue weighted by atomic mass is 10.1. The molecular formula is C24H20F3N7. The van der Waals surface area contributed by atoms with Gasteiger partial charge in [0.25, 0.3) is 0 Å². The number of aromatic amines is 1. The second-order valence-electron chi connectivity index (χ2n) is 7.60. The van der Waals surface area contributed by atoms with Crippen LogP contribution in [0.4, 0.5) is 30.5 Å². The number of nitrogens with zero attached hydrogens (tertiary/aromatic N) is 3. The van der Waals surface area contributed by atoms with Crippen LogP contribution in [0.2, 0.25) is 0 Å². The minimum atomic E-state index is -4.56. The molecule has 0 spiro atoms. The lowest BCUT2D eigenvalue weighted by Crippen LogP contribution is -2.14. The van der Waals surface area contributed by atoms with Crippen molar-refractivity contribution in [3.05, 3.63) is 72.3 Å². The van der Waals surface area contributed by atoms with E-state index in [0.717, 1.165) is 17.0 Å². The van der Waals surface area contributed by atoms with E-state index in [1.807, 2.05) is 30.3 Å². The summed E-state index contributed by atoms with van der Waals surface area (Å²) >= 11 is 0. The SMILES string of the molecule is NCCNc1cccc2c(Nc3n[nH]c4ccccc34)nc(-c3ccccc3C(F)(F)F)nc12. The highest BCUT2D eigenvalue weighted by Crippen LogP contribution is 2.38. The summed E-state index contributed by atoms with van der Waals surface area (Å²) in [4.78, 5) is 9.06. The Labute approximate surface area is 192 Å². The first-order valence-electron chi connectivity index (χ1n) is 10.6. The third kappa shape index (κ3) is 3.99. The van der Waals surface area contributed by atoms with Crippen LogP contribution in [0, 0.1) is 0 Å². The van der Waals surface area contributed by atoms with Crippen molar-refractivity contribution < 1.29 is 13.2 Å². The molecule has 2 heterocycles. The van der Waals surface area contributed by atoms with Gasteiger partial charge in [0, 0.05) is 29.4 Å². The molecule has 5 N–H and O–H groups in total. The molecule has 5 rings (SSSR count). The van der Waals surface area contributed by atoms with Crippen LogP contribution in [0.5, 0.6) is 0 Å². The highest BCUT2D eigenvalue weighted by molar-refractivity contribution is 6.01. The number of halogens is 3. The number of alkyl halides is 3. The maximum Gasteiger partial charge on any atom is 0.417 e. The predicted molar refractivity (Wildman–Crippen MR) is 127 cm³/mol. The standard InChI is InChI=1S/C24H20F3N7/c25-24(26,27)17-9-3-1-6-14(17)21-30-20-16(8-5-11-19(20)29-13-12-28)22(31-21)32-23-15-7-2-4-10-18(15)33-34-23/h1-11,29H,12-13,28H2,(H2,30,31,32,33,34). The van der Waals surface area contributed by atoms with Crippen molar-refractivity contribution in [1.82, 2.24) is 20.2 Å². The second-order valence-corrected chi connectivity index (χ2v) is 7.60. The molecule has 0 aliphatic carbocycles. The minimum absolute atomic E-state index is 0.0511. The number of aromatic nitrogens is 4. The normalized spacial score (nSPS) is 11.8. The van der Waals surface area contributed by atoms with Gasteiger partial charge >= 0.3 is 6.18 Å². The zero-order valence-corrected chi connectivity index (χ0v) is 17.8. The van der Waals surface area contributed by atoms with Gasteiger partial charge in [-0.1, -0.05) is 36.4 Å². The van der Waals surface area contributed by atoms with Crippen molar-refractivity contribution in [2.24, 2.45) is 5.73 Å². The molecule has 0 fully saturated rings. The van der Waals surface area contributed by atoms with Crippen LogP contribution in [0.25, 0.3) is 33.2 Å². The molecule has 2 aromatic heterocycles. The van der Waals surface area contributed by atoms with E-state index < -0.39 is 11.7 Å². The van der Waals surface area contributed by atoms with Crippen molar-refractivity contribution in [3.63, 3.8) is 0 Å². The molecule has 172 valence electrons. The number of benzene rings is 3. The molecule has 0 radical (unpaired) electrons. The van der Waals surface area contributed by atoms with Crippen molar-refractivity contribution >= 4 is 39.1 Å². The fraction of sp³-hybridized carbons (Fsp3) is 0.125. The highest BCUT2D eigenvalue weighted by Gasteiger charge is 2.34. The number of hydrogen-bond donors (Lipinski definition) is 4. The fourth-order valence-corrected chi connectivity index (χ4v) is 3.81. The Morgan fingerprint density at radius 1 is 0.853 bits per heavy atom. The fourth-order valence-electron chi connectivity index (χ4n) is 3.81. The summed E-state index contributed by atoms with van der Waals surface area (Å²) in [5, 5.41) is 15.1. The van der Waals surface area contributed by atoms with E-state index in [1.54, 1.807) is 12.1 Å². The smallest absolute Gasteiger partial charge is 0.382 e. The van der Waals surface area contributed by atoms with Crippen LogP contribution >= 0.6 is 0 Å². The van der Waals surface area contributed by atoms with Gasteiger partial charge in [0.2, 0.25) is 0 Å². The average Bonchev–Trinajstić information content (AvgIpc) is 3.25. The molecule has 0 aliphatic rings. The summed E-state index contributed by atoms with van der Waals surface area (Å²) < 4.78 is 41.3. The van der Waals surface area contributed by atoms with Crippen molar-refractivity contribution in [2.45, 2.75) is 6.18 Å². The number of hydrogen-bond acceptors (Lipinski definition) is 6. The molecule has 10 heteroatoms. The van der Waals surface area contributed by atoms with Gasteiger partial charge in [-0.25, -0.2) is 9.97 Å². The van der Waals surface area contributed by atoms with Crippen LogP contribution < -0.4 is 16.4 Å². The summed E-state index contributed by atoms with van der Waals surface area (Å²) in [6.07, 6.45) is -4.56. The molecule has 0 atom stereocenters. The number of nitrogens with one attached hydrogen (secondary N) is 3. The Kier molecular flexibility index (Phi) is 5.50.